The van der Waals surface area contributed by atoms with Crippen LogP contribution in [0.15, 0.2) is 42.8 Å². The Kier molecular flexibility index (Phi) is 5.28. The van der Waals surface area contributed by atoms with Gasteiger partial charge in [-0.3, -0.25) is 14.6 Å². The van der Waals surface area contributed by atoms with Crippen molar-refractivity contribution in [2.24, 2.45) is 5.92 Å². The number of carboxylic acids is 1. The van der Waals surface area contributed by atoms with Crippen molar-refractivity contribution >= 4 is 28.8 Å². The quantitative estimate of drug-likeness (QED) is 0.564. The molecule has 0 radical (unpaired) electrons. The molecule has 8 nitrogen and oxygen atoms in total. The predicted molar refractivity (Wildman–Crippen MR) is 125 cm³/mol. The van der Waals surface area contributed by atoms with Crippen LogP contribution in [-0.2, 0) is 4.79 Å². The number of carbonyl (C=O) groups excluding carboxylic acids is 1. The number of nitrogen functional groups attached to an aromatic ring is 1. The molecule has 5 rings (SSSR count). The maximum absolute atomic E-state index is 12.5. The molecule has 2 aliphatic carbocycles. The zero-order valence-corrected chi connectivity index (χ0v) is 18.4. The number of nitrogens with zero attached hydrogens (tertiary/aromatic N) is 4. The first kappa shape index (κ1) is 21.1. The summed E-state index contributed by atoms with van der Waals surface area (Å²) in [5.41, 5.74) is 11.7. The summed E-state index contributed by atoms with van der Waals surface area (Å²) in [6.07, 6.45) is 13.1. The summed E-state index contributed by atoms with van der Waals surface area (Å²) < 4.78 is 1.51. The summed E-state index contributed by atoms with van der Waals surface area (Å²) in [6.45, 7) is 1.48. The van der Waals surface area contributed by atoms with Gasteiger partial charge in [-0.25, -0.2) is 4.98 Å². The lowest BCUT2D eigenvalue weighted by Gasteiger charge is -2.27. The van der Waals surface area contributed by atoms with Gasteiger partial charge in [0.25, 0.3) is 0 Å². The van der Waals surface area contributed by atoms with Gasteiger partial charge in [0.1, 0.15) is 5.82 Å². The Hall–Kier alpha value is -3.81. The molecule has 0 unspecified atom stereocenters. The molecule has 3 heterocycles. The third-order valence-corrected chi connectivity index (χ3v) is 6.67. The lowest BCUT2D eigenvalue weighted by Crippen LogP contribution is -2.23. The number of Topliss-reactive ketones (excluding diaryl/α,β-unsaturated/α-hetero) is 1. The van der Waals surface area contributed by atoms with Gasteiger partial charge in [-0.15, -0.1) is 0 Å². The smallest absolute Gasteiger partial charge is 0.306 e. The number of aromatic nitrogens is 4. The van der Waals surface area contributed by atoms with Gasteiger partial charge in [-0.1, -0.05) is 24.3 Å². The number of allylic oxidation sites excluding steroid dienone is 4. The van der Waals surface area contributed by atoms with E-state index in [0.29, 0.717) is 42.6 Å². The maximum Gasteiger partial charge on any atom is 0.306 e. The van der Waals surface area contributed by atoms with Crippen LogP contribution < -0.4 is 5.73 Å². The molecule has 0 saturated heterocycles. The molecule has 0 spiro atoms. The van der Waals surface area contributed by atoms with E-state index in [1.165, 1.54) is 11.4 Å². The number of nitrogens with two attached hydrogens (primary N) is 1. The monoisotopic (exact) mass is 443 g/mol. The first-order valence-electron chi connectivity index (χ1n) is 11.2. The van der Waals surface area contributed by atoms with E-state index in [4.69, 9.17) is 10.7 Å². The first-order valence-corrected chi connectivity index (χ1v) is 11.2. The van der Waals surface area contributed by atoms with E-state index in [-0.39, 0.29) is 23.4 Å². The molecule has 3 aromatic rings. The van der Waals surface area contributed by atoms with Crippen LogP contribution in [0.25, 0.3) is 22.3 Å². The standard InChI is InChI=1S/C25H25N5O3/c1-14(31)21-22(16-6-8-17(9-7-16)25(32)33)29-24-19(13-28-30(24)23(21)26)18-10-11-20(27-12-18)15-4-2-3-5-15/h2,4-5,10-13,16-17H,3,6-9,26H2,1H3,(H,32,33)/t16-,17-. The van der Waals surface area contributed by atoms with Crippen LogP contribution in [0.4, 0.5) is 5.82 Å². The molecule has 168 valence electrons. The number of anilines is 1. The number of pyridine rings is 1. The minimum Gasteiger partial charge on any atom is -0.481 e. The highest BCUT2D eigenvalue weighted by Gasteiger charge is 2.31. The number of carbonyl (C=O) groups is 2. The Balaban J connectivity index is 1.56. The van der Waals surface area contributed by atoms with E-state index < -0.39 is 5.97 Å². The van der Waals surface area contributed by atoms with E-state index in [2.05, 4.69) is 28.3 Å². The number of fused-ring (bicyclic) bond motifs is 1. The molecule has 1 fully saturated rings. The predicted octanol–water partition coefficient (Wildman–Crippen LogP) is 4.28. The average Bonchev–Trinajstić information content (AvgIpc) is 3.49. The van der Waals surface area contributed by atoms with Crippen molar-refractivity contribution in [3.63, 3.8) is 0 Å². The molecule has 0 amide bonds. The number of aliphatic carboxylic acids is 1. The molecule has 1 saturated carbocycles. The maximum atomic E-state index is 12.5. The van der Waals surface area contributed by atoms with Crippen molar-refractivity contribution in [2.75, 3.05) is 5.73 Å². The number of carboxylic acid groups (broad SMARTS) is 1. The Morgan fingerprint density at radius 1 is 1.15 bits per heavy atom. The minimum absolute atomic E-state index is 0.0175. The van der Waals surface area contributed by atoms with Gasteiger partial charge in [0, 0.05) is 23.2 Å². The summed E-state index contributed by atoms with van der Waals surface area (Å²) in [5.74, 6) is -1.03. The molecular formula is C25H25N5O3. The van der Waals surface area contributed by atoms with Crippen LogP contribution in [0.5, 0.6) is 0 Å². The van der Waals surface area contributed by atoms with Gasteiger partial charge in [-0.2, -0.15) is 9.61 Å². The largest absolute Gasteiger partial charge is 0.481 e. The fourth-order valence-electron chi connectivity index (χ4n) is 4.88. The van der Waals surface area contributed by atoms with E-state index in [9.17, 15) is 14.7 Å². The third-order valence-electron chi connectivity index (χ3n) is 6.67. The molecule has 8 heteroatoms. The molecule has 0 bridgehead atoms. The van der Waals surface area contributed by atoms with Crippen LogP contribution in [0.2, 0.25) is 0 Å². The number of hydrogen-bond donors (Lipinski definition) is 2. The van der Waals surface area contributed by atoms with Crippen LogP contribution in [0.3, 0.4) is 0 Å². The lowest BCUT2D eigenvalue weighted by molar-refractivity contribution is -0.142. The van der Waals surface area contributed by atoms with Crippen LogP contribution in [-0.4, -0.2) is 36.4 Å². The Labute approximate surface area is 190 Å². The zero-order valence-electron chi connectivity index (χ0n) is 18.4. The van der Waals surface area contributed by atoms with Gasteiger partial charge in [0.05, 0.1) is 29.1 Å². The van der Waals surface area contributed by atoms with E-state index in [1.807, 2.05) is 12.1 Å². The van der Waals surface area contributed by atoms with Gasteiger partial charge >= 0.3 is 5.97 Å². The lowest BCUT2D eigenvalue weighted by atomic mass is 9.79. The van der Waals surface area contributed by atoms with E-state index in [0.717, 1.165) is 28.8 Å². The van der Waals surface area contributed by atoms with Crippen LogP contribution in [0, 0.1) is 5.92 Å². The zero-order chi connectivity index (χ0) is 23.1. The highest BCUT2D eigenvalue weighted by molar-refractivity contribution is 6.00. The summed E-state index contributed by atoms with van der Waals surface area (Å²) in [6, 6.07) is 3.96. The van der Waals surface area contributed by atoms with Gasteiger partial charge < -0.3 is 10.8 Å². The highest BCUT2D eigenvalue weighted by Crippen LogP contribution is 2.39. The topological polar surface area (TPSA) is 123 Å². The molecule has 0 atom stereocenters. The second-order valence-corrected chi connectivity index (χ2v) is 8.72. The van der Waals surface area contributed by atoms with Crippen LogP contribution in [0.1, 0.15) is 66.7 Å². The minimum atomic E-state index is -0.763. The second kappa shape index (κ2) is 8.27. The van der Waals surface area contributed by atoms with Crippen molar-refractivity contribution in [2.45, 2.75) is 44.9 Å². The molecule has 33 heavy (non-hydrogen) atoms. The molecule has 2 aliphatic rings. The fraction of sp³-hybridized carbons (Fsp3) is 0.320. The summed E-state index contributed by atoms with van der Waals surface area (Å²) >= 11 is 0. The number of hydrogen-bond acceptors (Lipinski definition) is 6. The second-order valence-electron chi connectivity index (χ2n) is 8.72. The van der Waals surface area contributed by atoms with Crippen molar-refractivity contribution in [3.05, 3.63) is 59.7 Å². The molecule has 0 aliphatic heterocycles. The normalized spacial score (nSPS) is 20.2. The van der Waals surface area contributed by atoms with E-state index in [1.54, 1.807) is 12.4 Å². The average molecular weight is 444 g/mol. The fourth-order valence-corrected chi connectivity index (χ4v) is 4.88. The number of rotatable bonds is 5. The van der Waals surface area contributed by atoms with Crippen molar-refractivity contribution in [1.82, 2.24) is 19.6 Å². The Morgan fingerprint density at radius 3 is 2.55 bits per heavy atom. The van der Waals surface area contributed by atoms with Gasteiger partial charge in [0.15, 0.2) is 11.4 Å². The molecule has 3 aromatic heterocycles. The summed E-state index contributed by atoms with van der Waals surface area (Å²) in [4.78, 5) is 33.4. The van der Waals surface area contributed by atoms with Crippen molar-refractivity contribution in [1.29, 1.82) is 0 Å². The SMILES string of the molecule is CC(=O)c1c(N)n2ncc(-c3ccc(C4=CCC=C4)nc3)c2nc1[C@H]1CC[C@H](C(=O)O)CC1. The molecule has 3 N–H and O–H groups in total. The van der Waals surface area contributed by atoms with Crippen LogP contribution >= 0.6 is 0 Å². The Bertz CT molecular complexity index is 1310. The van der Waals surface area contributed by atoms with Crippen molar-refractivity contribution in [3.8, 4) is 11.1 Å². The molecule has 0 aromatic carbocycles. The van der Waals surface area contributed by atoms with E-state index >= 15 is 0 Å². The third kappa shape index (κ3) is 3.71. The van der Waals surface area contributed by atoms with Crippen molar-refractivity contribution < 1.29 is 14.7 Å². The Morgan fingerprint density at radius 2 is 1.94 bits per heavy atom. The highest BCUT2D eigenvalue weighted by atomic mass is 16.4. The van der Waals surface area contributed by atoms with Gasteiger partial charge in [0.2, 0.25) is 0 Å². The summed E-state index contributed by atoms with van der Waals surface area (Å²) in [7, 11) is 0. The summed E-state index contributed by atoms with van der Waals surface area (Å²) in [5, 5.41) is 13.7. The van der Waals surface area contributed by atoms with Gasteiger partial charge in [-0.05, 0) is 50.7 Å². The number of ketones is 1. The first-order chi connectivity index (χ1) is 15.9. The molecular weight excluding hydrogens is 418 g/mol.